The molecule has 40 heavy (non-hydrogen) atoms. The van der Waals surface area contributed by atoms with Crippen LogP contribution in [0.4, 0.5) is 11.4 Å². The Morgan fingerprint density at radius 2 is 1.98 bits per heavy atom. The van der Waals surface area contributed by atoms with Crippen molar-refractivity contribution in [3.05, 3.63) is 80.9 Å². The Morgan fingerprint density at radius 1 is 1.25 bits per heavy atom. The number of carbonyl (C=O) groups excluding carboxylic acids is 2. The largest absolute Gasteiger partial charge is 0.477 e. The molecule has 12 heteroatoms. The number of nitrogens with zero attached hydrogens (tertiary/aromatic N) is 3. The highest BCUT2D eigenvalue weighted by atomic mass is 32.2. The van der Waals surface area contributed by atoms with Gasteiger partial charge < -0.3 is 15.2 Å². The van der Waals surface area contributed by atoms with Gasteiger partial charge in [-0.1, -0.05) is 25.1 Å². The summed E-state index contributed by atoms with van der Waals surface area (Å²) >= 11 is 7.23. The number of fused-ring (bicyclic) bond motifs is 1. The molecule has 0 saturated carbocycles. The molecule has 10 nitrogen and oxygen atoms in total. The first-order chi connectivity index (χ1) is 19.3. The van der Waals surface area contributed by atoms with E-state index in [1.165, 1.54) is 12.1 Å². The zero-order valence-corrected chi connectivity index (χ0v) is 23.5. The lowest BCUT2D eigenvalue weighted by atomic mass is 9.89. The first kappa shape index (κ1) is 28.2. The van der Waals surface area contributed by atoms with E-state index < -0.39 is 16.9 Å². The maximum absolute atomic E-state index is 13.2. The summed E-state index contributed by atoms with van der Waals surface area (Å²) in [7, 11) is 0. The Labute approximate surface area is 241 Å². The maximum Gasteiger partial charge on any atom is 0.269 e. The molecule has 0 bridgehead atoms. The van der Waals surface area contributed by atoms with Crippen LogP contribution in [0.15, 0.2) is 65.2 Å². The molecule has 2 fully saturated rings. The average Bonchev–Trinajstić information content (AvgIpc) is 3.54. The highest BCUT2D eigenvalue weighted by molar-refractivity contribution is 8.04. The molecule has 2 aromatic rings. The van der Waals surface area contributed by atoms with E-state index in [1.807, 2.05) is 37.3 Å². The van der Waals surface area contributed by atoms with E-state index in [4.69, 9.17) is 17.0 Å². The number of rotatable bonds is 10. The van der Waals surface area contributed by atoms with Crippen LogP contribution in [0.1, 0.15) is 25.3 Å². The number of anilines is 1. The van der Waals surface area contributed by atoms with Gasteiger partial charge in [0.05, 0.1) is 23.5 Å². The van der Waals surface area contributed by atoms with Gasteiger partial charge in [-0.15, -0.1) is 11.8 Å². The number of nitrogens with one attached hydrogen (secondary N) is 1. The van der Waals surface area contributed by atoms with Crippen LogP contribution in [0.5, 0.6) is 0 Å². The molecule has 2 saturated heterocycles. The number of hydrogen-bond donors (Lipinski definition) is 2. The zero-order chi connectivity index (χ0) is 28.4. The number of likely N-dealkylation sites (tertiary alicyclic amines) is 1. The lowest BCUT2D eigenvalue weighted by Gasteiger charge is -2.44. The minimum atomic E-state index is -0.738. The number of non-ortho nitro benzene ring substituents is 1. The number of amides is 2. The molecule has 3 aliphatic heterocycles. The summed E-state index contributed by atoms with van der Waals surface area (Å²) in [6.45, 7) is 3.56. The minimum absolute atomic E-state index is 0.0127. The predicted octanol–water partition coefficient (Wildman–Crippen LogP) is 3.91. The SMILES string of the molecule is CC[C@H](O)[C@@H]1C(=O)N2C(C(=S)OCc3ccc([N+](=O)[O-])cc3)=C([C@H]3CCN(CC(=O)Nc4ccccc4)C3)S[C@H]12. The number of para-hydroxylation sites is 1. The Balaban J connectivity index is 1.29. The monoisotopic (exact) mass is 582 g/mol. The zero-order valence-electron chi connectivity index (χ0n) is 21.9. The molecule has 5 rings (SSSR count). The van der Waals surface area contributed by atoms with E-state index in [9.17, 15) is 24.8 Å². The topological polar surface area (TPSA) is 125 Å². The van der Waals surface area contributed by atoms with Crippen LogP contribution in [-0.4, -0.2) is 67.8 Å². The normalized spacial score (nSPS) is 23.0. The Hall–Kier alpha value is -3.32. The molecule has 0 aromatic heterocycles. The first-order valence-electron chi connectivity index (χ1n) is 13.2. The van der Waals surface area contributed by atoms with E-state index in [2.05, 4.69) is 10.2 Å². The van der Waals surface area contributed by atoms with Crippen LogP contribution < -0.4 is 5.32 Å². The van der Waals surface area contributed by atoms with Gasteiger partial charge >= 0.3 is 0 Å². The van der Waals surface area contributed by atoms with Gasteiger partial charge in [-0.25, -0.2) is 0 Å². The Kier molecular flexibility index (Phi) is 8.50. The Bertz CT molecular complexity index is 1340. The van der Waals surface area contributed by atoms with Crippen molar-refractivity contribution < 1.29 is 24.4 Å². The van der Waals surface area contributed by atoms with Crippen molar-refractivity contribution in [1.29, 1.82) is 0 Å². The lowest BCUT2D eigenvalue weighted by Crippen LogP contribution is -2.61. The Morgan fingerprint density at radius 3 is 2.65 bits per heavy atom. The molecule has 2 aromatic carbocycles. The molecule has 3 heterocycles. The van der Waals surface area contributed by atoms with Gasteiger partial charge in [0.2, 0.25) is 16.9 Å². The summed E-state index contributed by atoms with van der Waals surface area (Å²) in [6.07, 6.45) is 0.532. The number of β-lactam (4-membered cyclic amide) rings is 1. The van der Waals surface area contributed by atoms with Gasteiger partial charge in [0, 0.05) is 35.2 Å². The molecule has 210 valence electrons. The van der Waals surface area contributed by atoms with Crippen LogP contribution in [0, 0.1) is 22.0 Å². The first-order valence-corrected chi connectivity index (χ1v) is 14.4. The van der Waals surface area contributed by atoms with Crippen molar-refractivity contribution in [2.24, 2.45) is 11.8 Å². The summed E-state index contributed by atoms with van der Waals surface area (Å²) in [5, 5.41) is 24.3. The standard InChI is InChI=1S/C28H30N4O6S2/c1-2-21(33)23-26(35)31-24(28(39)38-16-17-8-10-20(11-9-17)32(36)37)25(40-27(23)31)18-12-13-30(14-18)15-22(34)29-19-6-4-3-5-7-19/h3-11,18,21,23,27,33H,2,12-16H2,1H3,(H,29,34)/t18-,21-,23+,27+/m0/s1. The number of carbonyl (C=O) groups is 2. The fraction of sp³-hybridized carbons (Fsp3) is 0.393. The molecule has 3 aliphatic rings. The van der Waals surface area contributed by atoms with Gasteiger partial charge in [0.1, 0.15) is 17.7 Å². The molecule has 0 spiro atoms. The van der Waals surface area contributed by atoms with E-state index in [0.29, 0.717) is 24.2 Å². The quantitative estimate of drug-likeness (QED) is 0.186. The number of benzene rings is 2. The summed E-state index contributed by atoms with van der Waals surface area (Å²) in [5.41, 5.74) is 2.01. The van der Waals surface area contributed by atoms with Gasteiger partial charge in [-0.05, 0) is 61.4 Å². The average molecular weight is 583 g/mol. The number of hydrogen-bond acceptors (Lipinski definition) is 9. The number of nitro benzene ring substituents is 1. The number of aliphatic hydroxyl groups is 1. The summed E-state index contributed by atoms with van der Waals surface area (Å²) in [5.74, 6) is -0.708. The molecule has 0 radical (unpaired) electrons. The fourth-order valence-corrected chi connectivity index (χ4v) is 7.34. The van der Waals surface area contributed by atoms with Crippen molar-refractivity contribution in [2.75, 3.05) is 25.0 Å². The van der Waals surface area contributed by atoms with Gasteiger partial charge in [0.15, 0.2) is 0 Å². The van der Waals surface area contributed by atoms with Crippen molar-refractivity contribution >= 4 is 52.2 Å². The predicted molar refractivity (Wildman–Crippen MR) is 155 cm³/mol. The molecule has 2 N–H and O–H groups in total. The van der Waals surface area contributed by atoms with E-state index in [-0.39, 0.29) is 47.0 Å². The van der Waals surface area contributed by atoms with E-state index in [0.717, 1.165) is 23.6 Å². The third kappa shape index (κ3) is 5.75. The summed E-state index contributed by atoms with van der Waals surface area (Å²) in [4.78, 5) is 40.9. The smallest absolute Gasteiger partial charge is 0.269 e. The molecule has 4 atom stereocenters. The van der Waals surface area contributed by atoms with Gasteiger partial charge in [-0.3, -0.25) is 29.5 Å². The molecule has 2 amide bonds. The number of thiocarbonyl (C=S) groups is 1. The number of nitro groups is 1. The van der Waals surface area contributed by atoms with Crippen molar-refractivity contribution in [2.45, 2.75) is 37.9 Å². The second kappa shape index (κ2) is 12.0. The van der Waals surface area contributed by atoms with Crippen molar-refractivity contribution in [3.63, 3.8) is 0 Å². The van der Waals surface area contributed by atoms with Gasteiger partial charge in [0.25, 0.3) is 5.69 Å². The van der Waals surface area contributed by atoms with Crippen molar-refractivity contribution in [1.82, 2.24) is 9.80 Å². The van der Waals surface area contributed by atoms with Crippen LogP contribution >= 0.6 is 24.0 Å². The van der Waals surface area contributed by atoms with Crippen molar-refractivity contribution in [3.8, 4) is 0 Å². The lowest BCUT2D eigenvalue weighted by molar-refractivity contribution is -0.384. The second-order valence-electron chi connectivity index (χ2n) is 10.1. The van der Waals surface area contributed by atoms with Crippen LogP contribution in [0.3, 0.4) is 0 Å². The third-order valence-electron chi connectivity index (χ3n) is 7.42. The molecule has 0 aliphatic carbocycles. The maximum atomic E-state index is 13.2. The molecular formula is C28H30N4O6S2. The highest BCUT2D eigenvalue weighted by Crippen LogP contribution is 2.54. The second-order valence-corrected chi connectivity index (χ2v) is 11.6. The fourth-order valence-electron chi connectivity index (χ4n) is 5.30. The summed E-state index contributed by atoms with van der Waals surface area (Å²) < 4.78 is 5.94. The molecular weight excluding hydrogens is 552 g/mol. The summed E-state index contributed by atoms with van der Waals surface area (Å²) in [6, 6.07) is 15.4. The van der Waals surface area contributed by atoms with Gasteiger partial charge in [-0.2, -0.15) is 0 Å². The minimum Gasteiger partial charge on any atom is -0.477 e. The third-order valence-corrected chi connectivity index (χ3v) is 9.25. The number of aliphatic hydroxyl groups excluding tert-OH is 1. The van der Waals surface area contributed by atoms with E-state index >= 15 is 0 Å². The van der Waals surface area contributed by atoms with E-state index in [1.54, 1.807) is 28.8 Å². The van der Waals surface area contributed by atoms with Crippen LogP contribution in [0.2, 0.25) is 0 Å². The number of thioether (sulfide) groups is 1. The van der Waals surface area contributed by atoms with Crippen LogP contribution in [-0.2, 0) is 20.9 Å². The molecule has 0 unspecified atom stereocenters. The highest BCUT2D eigenvalue weighted by Gasteiger charge is 2.58. The van der Waals surface area contributed by atoms with Crippen LogP contribution in [0.25, 0.3) is 0 Å². The number of ether oxygens (including phenoxy) is 1.